The van der Waals surface area contributed by atoms with Gasteiger partial charge in [-0.3, -0.25) is 4.79 Å². The standard InChI is InChI=1S/C18H26O2/c1-5-14-10-13(3)17(18(19)20-4)16(11-14)15-8-6-12(2)7-9-15/h6-9,13-14,16-17H,5,10-11H2,1-4H3/t13?,14-,16+,17?/m0/s1. The zero-order chi connectivity index (χ0) is 14.7. The Balaban J connectivity index is 2.32. The molecule has 4 atom stereocenters. The molecule has 1 aliphatic rings. The monoisotopic (exact) mass is 274 g/mol. The Morgan fingerprint density at radius 1 is 1.25 bits per heavy atom. The van der Waals surface area contributed by atoms with Crippen molar-refractivity contribution in [1.82, 2.24) is 0 Å². The number of carbonyl (C=O) groups is 1. The van der Waals surface area contributed by atoms with Gasteiger partial charge < -0.3 is 4.74 Å². The number of esters is 1. The smallest absolute Gasteiger partial charge is 0.309 e. The number of ether oxygens (including phenoxy) is 1. The summed E-state index contributed by atoms with van der Waals surface area (Å²) < 4.78 is 5.07. The Hall–Kier alpha value is -1.31. The van der Waals surface area contributed by atoms with Crippen molar-refractivity contribution in [3.63, 3.8) is 0 Å². The van der Waals surface area contributed by atoms with Gasteiger partial charge >= 0.3 is 5.97 Å². The molecule has 0 heterocycles. The van der Waals surface area contributed by atoms with Gasteiger partial charge in [-0.15, -0.1) is 0 Å². The fraction of sp³-hybridized carbons (Fsp3) is 0.611. The topological polar surface area (TPSA) is 26.3 Å². The second-order valence-electron chi connectivity index (χ2n) is 6.29. The molecule has 1 aromatic carbocycles. The third-order valence-electron chi connectivity index (χ3n) is 4.90. The van der Waals surface area contributed by atoms with Gasteiger partial charge in [0.05, 0.1) is 13.0 Å². The van der Waals surface area contributed by atoms with Crippen LogP contribution in [0.15, 0.2) is 24.3 Å². The molecule has 1 saturated carbocycles. The zero-order valence-corrected chi connectivity index (χ0v) is 13.1. The van der Waals surface area contributed by atoms with Crippen LogP contribution in [0.1, 0.15) is 50.2 Å². The summed E-state index contributed by atoms with van der Waals surface area (Å²) in [4.78, 5) is 12.2. The van der Waals surface area contributed by atoms with Gasteiger partial charge in [0.25, 0.3) is 0 Å². The van der Waals surface area contributed by atoms with Crippen LogP contribution in [0, 0.1) is 24.7 Å². The van der Waals surface area contributed by atoms with Crippen LogP contribution in [-0.4, -0.2) is 13.1 Å². The first-order chi connectivity index (χ1) is 9.56. The van der Waals surface area contributed by atoms with E-state index in [-0.39, 0.29) is 11.9 Å². The number of aryl methyl sites for hydroxylation is 1. The molecular formula is C18H26O2. The van der Waals surface area contributed by atoms with Crippen LogP contribution in [0.4, 0.5) is 0 Å². The maximum atomic E-state index is 12.2. The molecule has 1 aliphatic carbocycles. The van der Waals surface area contributed by atoms with Crippen molar-refractivity contribution in [2.45, 2.75) is 46.0 Å². The third kappa shape index (κ3) is 3.05. The predicted molar refractivity (Wildman–Crippen MR) is 81.6 cm³/mol. The average Bonchev–Trinajstić information content (AvgIpc) is 2.46. The van der Waals surface area contributed by atoms with E-state index in [4.69, 9.17) is 4.74 Å². The number of hydrogen-bond donors (Lipinski definition) is 0. The fourth-order valence-electron chi connectivity index (χ4n) is 3.69. The molecule has 2 nitrogen and oxygen atoms in total. The maximum absolute atomic E-state index is 12.2. The van der Waals surface area contributed by atoms with Gasteiger partial charge in [0.1, 0.15) is 0 Å². The zero-order valence-electron chi connectivity index (χ0n) is 13.1. The van der Waals surface area contributed by atoms with Crippen molar-refractivity contribution in [2.24, 2.45) is 17.8 Å². The predicted octanol–water partition coefficient (Wildman–Crippen LogP) is 4.32. The highest BCUT2D eigenvalue weighted by Crippen LogP contribution is 2.45. The minimum atomic E-state index is -0.0439. The van der Waals surface area contributed by atoms with E-state index in [1.54, 1.807) is 0 Å². The number of carbonyl (C=O) groups excluding carboxylic acids is 1. The summed E-state index contributed by atoms with van der Waals surface area (Å²) in [6, 6.07) is 8.65. The van der Waals surface area contributed by atoms with Gasteiger partial charge in [-0.1, -0.05) is 50.1 Å². The van der Waals surface area contributed by atoms with Gasteiger partial charge in [0, 0.05) is 0 Å². The van der Waals surface area contributed by atoms with Crippen molar-refractivity contribution in [3.8, 4) is 0 Å². The van der Waals surface area contributed by atoms with Crippen LogP contribution >= 0.6 is 0 Å². The van der Waals surface area contributed by atoms with Crippen LogP contribution in [-0.2, 0) is 9.53 Å². The molecule has 20 heavy (non-hydrogen) atoms. The Labute approximate surface area is 122 Å². The first kappa shape index (κ1) is 15.1. The number of rotatable bonds is 3. The van der Waals surface area contributed by atoms with E-state index in [9.17, 15) is 4.79 Å². The molecule has 1 aromatic rings. The largest absolute Gasteiger partial charge is 0.469 e. The second-order valence-corrected chi connectivity index (χ2v) is 6.29. The number of benzene rings is 1. The average molecular weight is 274 g/mol. The molecule has 2 rings (SSSR count). The fourth-order valence-corrected chi connectivity index (χ4v) is 3.69. The molecule has 0 saturated heterocycles. The van der Waals surface area contributed by atoms with Crippen LogP contribution < -0.4 is 0 Å². The normalized spacial score (nSPS) is 30.0. The van der Waals surface area contributed by atoms with Crippen LogP contribution in [0.3, 0.4) is 0 Å². The van der Waals surface area contributed by atoms with Gasteiger partial charge in [0.2, 0.25) is 0 Å². The third-order valence-corrected chi connectivity index (χ3v) is 4.90. The molecule has 2 unspecified atom stereocenters. The van der Waals surface area contributed by atoms with Crippen molar-refractivity contribution in [3.05, 3.63) is 35.4 Å². The van der Waals surface area contributed by atoms with E-state index < -0.39 is 0 Å². The van der Waals surface area contributed by atoms with E-state index in [0.29, 0.717) is 11.8 Å². The summed E-state index contributed by atoms with van der Waals surface area (Å²) >= 11 is 0. The highest BCUT2D eigenvalue weighted by molar-refractivity contribution is 5.74. The molecule has 110 valence electrons. The van der Waals surface area contributed by atoms with Crippen molar-refractivity contribution in [2.75, 3.05) is 7.11 Å². The summed E-state index contributed by atoms with van der Waals surface area (Å²) in [5.74, 6) is 1.38. The van der Waals surface area contributed by atoms with Crippen LogP contribution in [0.2, 0.25) is 0 Å². The lowest BCUT2D eigenvalue weighted by Gasteiger charge is -2.39. The number of methoxy groups -OCH3 is 1. The molecular weight excluding hydrogens is 248 g/mol. The first-order valence-corrected chi connectivity index (χ1v) is 7.71. The second kappa shape index (κ2) is 6.43. The van der Waals surface area contributed by atoms with Gasteiger partial charge in [-0.05, 0) is 43.1 Å². The Morgan fingerprint density at radius 3 is 2.45 bits per heavy atom. The van der Waals surface area contributed by atoms with Crippen LogP contribution in [0.5, 0.6) is 0 Å². The molecule has 1 fully saturated rings. The maximum Gasteiger partial charge on any atom is 0.309 e. The summed E-state index contributed by atoms with van der Waals surface area (Å²) in [5.41, 5.74) is 2.55. The van der Waals surface area contributed by atoms with Crippen molar-refractivity contribution >= 4 is 5.97 Å². The number of hydrogen-bond acceptors (Lipinski definition) is 2. The molecule has 0 aliphatic heterocycles. The molecule has 2 heteroatoms. The van der Waals surface area contributed by atoms with E-state index in [1.165, 1.54) is 24.7 Å². The lowest BCUT2D eigenvalue weighted by molar-refractivity contribution is -0.149. The molecule has 0 N–H and O–H groups in total. The molecule has 0 aromatic heterocycles. The van der Waals surface area contributed by atoms with Crippen molar-refractivity contribution < 1.29 is 9.53 Å². The Morgan fingerprint density at radius 2 is 1.90 bits per heavy atom. The van der Waals surface area contributed by atoms with E-state index in [1.807, 2.05) is 0 Å². The highest BCUT2D eigenvalue weighted by Gasteiger charge is 2.40. The van der Waals surface area contributed by atoms with Gasteiger partial charge in [0.15, 0.2) is 0 Å². The summed E-state index contributed by atoms with van der Waals surface area (Å²) in [7, 11) is 1.51. The molecule has 0 spiro atoms. The SMILES string of the molecule is CC[C@H]1CC(C)C(C(=O)OC)[C@@H](c2ccc(C)cc2)C1. The minimum Gasteiger partial charge on any atom is -0.469 e. The minimum absolute atomic E-state index is 0.00510. The molecule has 0 radical (unpaired) electrons. The quantitative estimate of drug-likeness (QED) is 0.767. The summed E-state index contributed by atoms with van der Waals surface area (Å²) in [5, 5.41) is 0. The van der Waals surface area contributed by atoms with E-state index in [2.05, 4.69) is 45.0 Å². The van der Waals surface area contributed by atoms with Gasteiger partial charge in [-0.25, -0.2) is 0 Å². The Kier molecular flexibility index (Phi) is 4.85. The van der Waals surface area contributed by atoms with E-state index in [0.717, 1.165) is 18.8 Å². The Bertz CT molecular complexity index is 449. The first-order valence-electron chi connectivity index (χ1n) is 7.71. The van der Waals surface area contributed by atoms with Crippen molar-refractivity contribution in [1.29, 1.82) is 0 Å². The molecule has 0 amide bonds. The summed E-state index contributed by atoms with van der Waals surface area (Å²) in [6.07, 6.45) is 3.43. The van der Waals surface area contributed by atoms with Crippen LogP contribution in [0.25, 0.3) is 0 Å². The lowest BCUT2D eigenvalue weighted by Crippen LogP contribution is -2.36. The highest BCUT2D eigenvalue weighted by atomic mass is 16.5. The molecule has 0 bridgehead atoms. The summed E-state index contributed by atoms with van der Waals surface area (Å²) in [6.45, 7) is 6.55. The lowest BCUT2D eigenvalue weighted by atomic mass is 9.65. The van der Waals surface area contributed by atoms with E-state index >= 15 is 0 Å². The van der Waals surface area contributed by atoms with Gasteiger partial charge in [-0.2, -0.15) is 0 Å².